The standard InChI is InChI=1S/C13H15BrN2O2S/c1-13(7-4-8-16(13)12(17)18)11(19)15-10-6-3-2-5-9(10)14/h2-3,5-6H,4,7-8H2,1H3,(H,15,19)(H,17,18). The largest absolute Gasteiger partial charge is 0.465 e. The van der Waals surface area contributed by atoms with Crippen LogP contribution in [0.25, 0.3) is 0 Å². The number of hydrogen-bond donors (Lipinski definition) is 2. The molecular weight excluding hydrogens is 328 g/mol. The average molecular weight is 343 g/mol. The third-order valence-electron chi connectivity index (χ3n) is 3.48. The van der Waals surface area contributed by atoms with Crippen LogP contribution < -0.4 is 5.32 Å². The third kappa shape index (κ3) is 2.74. The van der Waals surface area contributed by atoms with Gasteiger partial charge < -0.3 is 10.4 Å². The molecule has 0 spiro atoms. The van der Waals surface area contributed by atoms with Gasteiger partial charge in [-0.25, -0.2) is 4.79 Å². The Morgan fingerprint density at radius 2 is 2.21 bits per heavy atom. The zero-order valence-corrected chi connectivity index (χ0v) is 12.9. The zero-order valence-electron chi connectivity index (χ0n) is 10.5. The molecule has 1 saturated heterocycles. The summed E-state index contributed by atoms with van der Waals surface area (Å²) >= 11 is 8.87. The van der Waals surface area contributed by atoms with Gasteiger partial charge in [-0.1, -0.05) is 24.4 Å². The molecule has 1 aliphatic heterocycles. The summed E-state index contributed by atoms with van der Waals surface area (Å²) in [6.07, 6.45) is 0.659. The lowest BCUT2D eigenvalue weighted by molar-refractivity contribution is 0.132. The molecule has 1 amide bonds. The summed E-state index contributed by atoms with van der Waals surface area (Å²) in [7, 11) is 0. The number of thiocarbonyl (C=S) groups is 1. The fourth-order valence-corrected chi connectivity index (χ4v) is 3.03. The van der Waals surface area contributed by atoms with Crippen molar-refractivity contribution in [2.24, 2.45) is 0 Å². The lowest BCUT2D eigenvalue weighted by Gasteiger charge is -2.34. The van der Waals surface area contributed by atoms with Crippen LogP contribution in [-0.4, -0.2) is 33.2 Å². The monoisotopic (exact) mass is 342 g/mol. The summed E-state index contributed by atoms with van der Waals surface area (Å²) in [6.45, 7) is 2.41. The number of anilines is 1. The minimum absolute atomic E-state index is 0.531. The predicted octanol–water partition coefficient (Wildman–Crippen LogP) is 3.72. The zero-order chi connectivity index (χ0) is 14.0. The molecule has 2 N–H and O–H groups in total. The Morgan fingerprint density at radius 1 is 1.53 bits per heavy atom. The van der Waals surface area contributed by atoms with Crippen molar-refractivity contribution in [2.45, 2.75) is 25.3 Å². The number of likely N-dealkylation sites (tertiary alicyclic amines) is 1. The highest BCUT2D eigenvalue weighted by molar-refractivity contribution is 9.10. The third-order valence-corrected chi connectivity index (χ3v) is 4.72. The highest BCUT2D eigenvalue weighted by Gasteiger charge is 2.43. The Bertz CT molecular complexity index is 523. The van der Waals surface area contributed by atoms with E-state index in [2.05, 4.69) is 21.2 Å². The molecule has 1 unspecified atom stereocenters. The first-order valence-electron chi connectivity index (χ1n) is 6.02. The molecule has 1 heterocycles. The number of benzene rings is 1. The number of amides is 1. The van der Waals surface area contributed by atoms with E-state index in [1.54, 1.807) is 0 Å². The first kappa shape index (κ1) is 14.3. The summed E-state index contributed by atoms with van der Waals surface area (Å²) in [4.78, 5) is 13.2. The van der Waals surface area contributed by atoms with Crippen LogP contribution in [0.1, 0.15) is 19.8 Å². The van der Waals surface area contributed by atoms with Gasteiger partial charge in [0.15, 0.2) is 0 Å². The van der Waals surface area contributed by atoms with Crippen LogP contribution in [0, 0.1) is 0 Å². The summed E-state index contributed by atoms with van der Waals surface area (Å²) in [5.74, 6) is 0. The number of rotatable bonds is 2. The van der Waals surface area contributed by atoms with Crippen molar-refractivity contribution in [2.75, 3.05) is 11.9 Å². The molecule has 19 heavy (non-hydrogen) atoms. The first-order chi connectivity index (χ1) is 8.95. The number of halogens is 1. The fourth-order valence-electron chi connectivity index (χ4n) is 2.33. The smallest absolute Gasteiger partial charge is 0.408 e. The first-order valence-corrected chi connectivity index (χ1v) is 7.22. The maximum absolute atomic E-state index is 11.3. The minimum atomic E-state index is -0.920. The average Bonchev–Trinajstić information content (AvgIpc) is 2.76. The van der Waals surface area contributed by atoms with Gasteiger partial charge in [0.2, 0.25) is 0 Å². The van der Waals surface area contributed by atoms with Gasteiger partial charge in [-0.3, -0.25) is 4.90 Å². The summed E-state index contributed by atoms with van der Waals surface area (Å²) in [5, 5.41) is 12.4. The van der Waals surface area contributed by atoms with Crippen LogP contribution >= 0.6 is 28.1 Å². The number of carboxylic acid groups (broad SMARTS) is 1. The highest BCUT2D eigenvalue weighted by atomic mass is 79.9. The van der Waals surface area contributed by atoms with Crippen LogP contribution in [0.3, 0.4) is 0 Å². The lowest BCUT2D eigenvalue weighted by Crippen LogP contribution is -2.52. The predicted molar refractivity (Wildman–Crippen MR) is 82.7 cm³/mol. The molecule has 0 aliphatic carbocycles. The number of nitrogens with one attached hydrogen (secondary N) is 1. The second-order valence-corrected chi connectivity index (χ2v) is 6.01. The van der Waals surface area contributed by atoms with Crippen molar-refractivity contribution < 1.29 is 9.90 Å². The molecule has 1 atom stereocenters. The molecule has 2 rings (SSSR count). The number of carbonyl (C=O) groups is 1. The van der Waals surface area contributed by atoms with E-state index in [-0.39, 0.29) is 0 Å². The summed E-state index contributed by atoms with van der Waals surface area (Å²) in [5.41, 5.74) is 0.224. The minimum Gasteiger partial charge on any atom is -0.465 e. The van der Waals surface area contributed by atoms with Crippen LogP contribution in [0.15, 0.2) is 28.7 Å². The SMILES string of the molecule is CC1(C(=S)Nc2ccccc2Br)CCCN1C(=O)O. The molecule has 1 aromatic carbocycles. The highest BCUT2D eigenvalue weighted by Crippen LogP contribution is 2.32. The van der Waals surface area contributed by atoms with Gasteiger partial charge in [0.25, 0.3) is 0 Å². The van der Waals surface area contributed by atoms with Crippen molar-refractivity contribution in [1.29, 1.82) is 0 Å². The number of nitrogens with zero attached hydrogens (tertiary/aromatic N) is 1. The Hall–Kier alpha value is -1.14. The summed E-state index contributed by atoms with van der Waals surface area (Å²) < 4.78 is 0.904. The molecule has 0 saturated carbocycles. The topological polar surface area (TPSA) is 52.6 Å². The normalized spacial score (nSPS) is 22.3. The van der Waals surface area contributed by atoms with Crippen molar-refractivity contribution in [3.8, 4) is 0 Å². The molecule has 6 heteroatoms. The molecule has 0 aromatic heterocycles. The molecule has 0 radical (unpaired) electrons. The van der Waals surface area contributed by atoms with Gasteiger partial charge in [-0.15, -0.1) is 0 Å². The van der Waals surface area contributed by atoms with E-state index in [1.165, 1.54) is 4.90 Å². The van der Waals surface area contributed by atoms with E-state index in [0.29, 0.717) is 11.5 Å². The van der Waals surface area contributed by atoms with Crippen molar-refractivity contribution in [1.82, 2.24) is 4.90 Å². The van der Waals surface area contributed by atoms with E-state index in [4.69, 9.17) is 12.2 Å². The van der Waals surface area contributed by atoms with E-state index < -0.39 is 11.6 Å². The van der Waals surface area contributed by atoms with E-state index >= 15 is 0 Å². The number of hydrogen-bond acceptors (Lipinski definition) is 2. The second-order valence-electron chi connectivity index (χ2n) is 4.75. The van der Waals surface area contributed by atoms with E-state index in [0.717, 1.165) is 23.0 Å². The molecule has 1 aliphatic rings. The Labute approximate surface area is 125 Å². The van der Waals surface area contributed by atoms with Crippen molar-refractivity contribution in [3.63, 3.8) is 0 Å². The Kier molecular flexibility index (Phi) is 4.10. The van der Waals surface area contributed by atoms with E-state index in [9.17, 15) is 9.90 Å². The number of para-hydroxylation sites is 1. The van der Waals surface area contributed by atoms with Crippen molar-refractivity contribution >= 4 is 44.9 Å². The van der Waals surface area contributed by atoms with Gasteiger partial charge >= 0.3 is 6.09 Å². The lowest BCUT2D eigenvalue weighted by atomic mass is 9.98. The summed E-state index contributed by atoms with van der Waals surface area (Å²) in [6, 6.07) is 7.64. The molecule has 1 fully saturated rings. The van der Waals surface area contributed by atoms with Gasteiger partial charge in [-0.2, -0.15) is 0 Å². The van der Waals surface area contributed by atoms with Gasteiger partial charge in [0, 0.05) is 11.0 Å². The Morgan fingerprint density at radius 3 is 2.84 bits per heavy atom. The second kappa shape index (κ2) is 5.46. The Balaban J connectivity index is 2.20. The molecular formula is C13H15BrN2O2S. The maximum atomic E-state index is 11.3. The van der Waals surface area contributed by atoms with E-state index in [1.807, 2.05) is 31.2 Å². The quantitative estimate of drug-likeness (QED) is 0.804. The molecule has 1 aromatic rings. The van der Waals surface area contributed by atoms with Crippen LogP contribution in [-0.2, 0) is 0 Å². The van der Waals surface area contributed by atoms with Gasteiger partial charge in [0.05, 0.1) is 11.2 Å². The van der Waals surface area contributed by atoms with Crippen LogP contribution in [0.5, 0.6) is 0 Å². The molecule has 4 nitrogen and oxygen atoms in total. The van der Waals surface area contributed by atoms with Crippen molar-refractivity contribution in [3.05, 3.63) is 28.7 Å². The molecule has 0 bridgehead atoms. The van der Waals surface area contributed by atoms with Crippen LogP contribution in [0.4, 0.5) is 10.5 Å². The van der Waals surface area contributed by atoms with Gasteiger partial charge in [-0.05, 0) is 47.8 Å². The van der Waals surface area contributed by atoms with Gasteiger partial charge in [0.1, 0.15) is 4.99 Å². The van der Waals surface area contributed by atoms with Crippen LogP contribution in [0.2, 0.25) is 0 Å². The molecule has 102 valence electrons. The maximum Gasteiger partial charge on any atom is 0.408 e. The fraction of sp³-hybridized carbons (Fsp3) is 0.385.